The van der Waals surface area contributed by atoms with Crippen LogP contribution in [0, 0.1) is 6.92 Å². The molecular formula is C14H19F2NO2S. The van der Waals surface area contributed by atoms with Crippen molar-refractivity contribution in [2.75, 3.05) is 13.2 Å². The Kier molecular flexibility index (Phi) is 3.40. The molecule has 0 aliphatic carbocycles. The minimum Gasteiger partial charge on any atom is -0.377 e. The van der Waals surface area contributed by atoms with E-state index in [4.69, 9.17) is 4.74 Å². The molecule has 1 aromatic rings. The van der Waals surface area contributed by atoms with Crippen molar-refractivity contribution in [3.8, 4) is 0 Å². The maximum absolute atomic E-state index is 13.3. The number of thiophene rings is 1. The molecule has 2 aliphatic rings. The standard InChI is InChI=1S/C14H19F2NO2S/c1-8-6-13(3-4-17-8)11-10(5-9(2)20-11)14(18,7-19-13)12(15)16/h5,8,12,17-18H,3-4,6-7H2,1-2H3/t8-,13?,14?/m0/s1. The van der Waals surface area contributed by atoms with Crippen LogP contribution in [0.2, 0.25) is 0 Å². The van der Waals surface area contributed by atoms with Crippen molar-refractivity contribution >= 4 is 11.3 Å². The predicted octanol–water partition coefficient (Wildman–Crippen LogP) is 2.51. The summed E-state index contributed by atoms with van der Waals surface area (Å²) in [6.45, 7) is 4.41. The molecule has 1 aromatic heterocycles. The van der Waals surface area contributed by atoms with Gasteiger partial charge >= 0.3 is 0 Å². The maximum Gasteiger partial charge on any atom is 0.273 e. The molecule has 3 nitrogen and oxygen atoms in total. The van der Waals surface area contributed by atoms with Gasteiger partial charge in [-0.2, -0.15) is 0 Å². The molecule has 6 heteroatoms. The second kappa shape index (κ2) is 4.73. The fourth-order valence-electron chi connectivity index (χ4n) is 3.27. The van der Waals surface area contributed by atoms with E-state index in [1.54, 1.807) is 6.07 Å². The van der Waals surface area contributed by atoms with Crippen molar-refractivity contribution in [2.45, 2.75) is 50.4 Å². The van der Waals surface area contributed by atoms with Crippen LogP contribution in [0.3, 0.4) is 0 Å². The van der Waals surface area contributed by atoms with Gasteiger partial charge in [0.1, 0.15) is 5.60 Å². The van der Waals surface area contributed by atoms with Gasteiger partial charge in [-0.25, -0.2) is 8.78 Å². The van der Waals surface area contributed by atoms with E-state index in [0.29, 0.717) is 5.56 Å². The Balaban J connectivity index is 2.09. The Labute approximate surface area is 120 Å². The van der Waals surface area contributed by atoms with Crippen molar-refractivity contribution in [1.82, 2.24) is 5.32 Å². The van der Waals surface area contributed by atoms with Crippen LogP contribution < -0.4 is 5.32 Å². The number of aryl methyl sites for hydroxylation is 1. The van der Waals surface area contributed by atoms with Gasteiger partial charge in [0.25, 0.3) is 6.43 Å². The molecule has 3 rings (SSSR count). The van der Waals surface area contributed by atoms with E-state index in [1.807, 2.05) is 6.92 Å². The van der Waals surface area contributed by atoms with Crippen molar-refractivity contribution < 1.29 is 18.6 Å². The third-order valence-corrected chi connectivity index (χ3v) is 5.56. The predicted molar refractivity (Wildman–Crippen MR) is 73.3 cm³/mol. The van der Waals surface area contributed by atoms with Gasteiger partial charge in [0.15, 0.2) is 5.60 Å². The zero-order chi connectivity index (χ0) is 14.5. The van der Waals surface area contributed by atoms with E-state index in [-0.39, 0.29) is 12.6 Å². The Hall–Kier alpha value is -0.560. The van der Waals surface area contributed by atoms with Crippen LogP contribution in [-0.2, 0) is 15.9 Å². The van der Waals surface area contributed by atoms with Crippen molar-refractivity contribution in [2.24, 2.45) is 0 Å². The quantitative estimate of drug-likeness (QED) is 0.837. The summed E-state index contributed by atoms with van der Waals surface area (Å²) < 4.78 is 32.4. The van der Waals surface area contributed by atoms with Crippen molar-refractivity contribution in [3.63, 3.8) is 0 Å². The lowest BCUT2D eigenvalue weighted by molar-refractivity contribution is -0.204. The molecule has 112 valence electrons. The van der Waals surface area contributed by atoms with Gasteiger partial charge in [-0.3, -0.25) is 0 Å². The highest BCUT2D eigenvalue weighted by molar-refractivity contribution is 7.12. The molecule has 1 fully saturated rings. The lowest BCUT2D eigenvalue weighted by Gasteiger charge is -2.47. The van der Waals surface area contributed by atoms with Crippen LogP contribution in [0.25, 0.3) is 0 Å². The highest BCUT2D eigenvalue weighted by Crippen LogP contribution is 2.51. The summed E-state index contributed by atoms with van der Waals surface area (Å²) in [5.74, 6) is 0. The summed E-state index contributed by atoms with van der Waals surface area (Å²) in [7, 11) is 0. The molecule has 20 heavy (non-hydrogen) atoms. The van der Waals surface area contributed by atoms with Gasteiger partial charge in [-0.15, -0.1) is 11.3 Å². The average molecular weight is 303 g/mol. The zero-order valence-corrected chi connectivity index (χ0v) is 12.4. The first kappa shape index (κ1) is 14.4. The number of alkyl halides is 2. The second-order valence-corrected chi connectivity index (χ2v) is 7.17. The number of fused-ring (bicyclic) bond motifs is 2. The van der Waals surface area contributed by atoms with Crippen molar-refractivity contribution in [3.05, 3.63) is 21.4 Å². The van der Waals surface area contributed by atoms with Crippen LogP contribution in [-0.4, -0.2) is 30.7 Å². The normalized spacial score (nSPS) is 37.4. The van der Waals surface area contributed by atoms with Crippen LogP contribution >= 0.6 is 11.3 Å². The molecule has 2 aliphatic heterocycles. The highest BCUT2D eigenvalue weighted by atomic mass is 32.1. The number of piperidine rings is 1. The van der Waals surface area contributed by atoms with Gasteiger partial charge in [0.2, 0.25) is 0 Å². The Morgan fingerprint density at radius 2 is 2.30 bits per heavy atom. The van der Waals surface area contributed by atoms with Gasteiger partial charge in [-0.1, -0.05) is 0 Å². The third kappa shape index (κ3) is 2.01. The maximum atomic E-state index is 13.3. The Morgan fingerprint density at radius 3 is 2.95 bits per heavy atom. The molecule has 1 spiro atoms. The Morgan fingerprint density at radius 1 is 1.55 bits per heavy atom. The number of hydrogen-bond acceptors (Lipinski definition) is 4. The zero-order valence-electron chi connectivity index (χ0n) is 11.6. The lowest BCUT2D eigenvalue weighted by atomic mass is 9.79. The fourth-order valence-corrected chi connectivity index (χ4v) is 4.55. The minimum atomic E-state index is -2.84. The van der Waals surface area contributed by atoms with Gasteiger partial charge in [0.05, 0.1) is 6.61 Å². The SMILES string of the molecule is Cc1cc2c(s1)C1(CCN[C@@H](C)C1)OCC2(O)C(F)F. The number of halogens is 2. The van der Waals surface area contributed by atoms with E-state index in [1.165, 1.54) is 11.3 Å². The monoisotopic (exact) mass is 303 g/mol. The second-order valence-electron chi connectivity index (χ2n) is 5.92. The van der Waals surface area contributed by atoms with Crippen molar-refractivity contribution in [1.29, 1.82) is 0 Å². The van der Waals surface area contributed by atoms with Crippen LogP contribution in [0.5, 0.6) is 0 Å². The van der Waals surface area contributed by atoms with Crippen LogP contribution in [0.15, 0.2) is 6.07 Å². The topological polar surface area (TPSA) is 41.5 Å². The molecule has 0 amide bonds. The Bertz CT molecular complexity index is 521. The number of hydrogen-bond donors (Lipinski definition) is 2. The summed E-state index contributed by atoms with van der Waals surface area (Å²) >= 11 is 1.47. The number of nitrogens with one attached hydrogen (secondary N) is 1. The fraction of sp³-hybridized carbons (Fsp3) is 0.714. The van der Waals surface area contributed by atoms with E-state index < -0.39 is 17.6 Å². The number of rotatable bonds is 1. The van der Waals surface area contributed by atoms with Gasteiger partial charge < -0.3 is 15.2 Å². The van der Waals surface area contributed by atoms with E-state index >= 15 is 0 Å². The highest BCUT2D eigenvalue weighted by Gasteiger charge is 2.53. The van der Waals surface area contributed by atoms with E-state index in [0.717, 1.165) is 29.1 Å². The van der Waals surface area contributed by atoms with Gasteiger partial charge in [-0.05, 0) is 39.3 Å². The molecule has 1 saturated heterocycles. The third-order valence-electron chi connectivity index (χ3n) is 4.32. The molecular weight excluding hydrogens is 284 g/mol. The summed E-state index contributed by atoms with van der Waals surface area (Å²) in [4.78, 5) is 1.72. The first-order valence-electron chi connectivity index (χ1n) is 6.87. The molecule has 2 unspecified atom stereocenters. The molecule has 0 bridgehead atoms. The lowest BCUT2D eigenvalue weighted by Crippen LogP contribution is -2.54. The smallest absolute Gasteiger partial charge is 0.273 e. The van der Waals surface area contributed by atoms with Crippen LogP contribution in [0.4, 0.5) is 8.78 Å². The van der Waals surface area contributed by atoms with E-state index in [2.05, 4.69) is 12.2 Å². The van der Waals surface area contributed by atoms with Gasteiger partial charge in [0, 0.05) is 21.4 Å². The molecule has 3 heterocycles. The molecule has 0 aromatic carbocycles. The minimum absolute atomic E-state index is 0.275. The van der Waals surface area contributed by atoms with Crippen LogP contribution in [0.1, 0.15) is 35.1 Å². The summed E-state index contributed by atoms with van der Waals surface area (Å²) in [6, 6.07) is 1.97. The summed E-state index contributed by atoms with van der Waals surface area (Å²) in [6.07, 6.45) is -1.34. The average Bonchev–Trinajstić information content (AvgIpc) is 2.78. The molecule has 0 radical (unpaired) electrons. The summed E-state index contributed by atoms with van der Waals surface area (Å²) in [5.41, 5.74) is -2.31. The first-order chi connectivity index (χ1) is 9.37. The first-order valence-corrected chi connectivity index (χ1v) is 7.68. The number of aliphatic hydroxyl groups is 1. The number of ether oxygens (including phenoxy) is 1. The molecule has 0 saturated carbocycles. The largest absolute Gasteiger partial charge is 0.377 e. The summed E-state index contributed by atoms with van der Waals surface area (Å²) in [5, 5.41) is 13.7. The molecule has 3 atom stereocenters. The van der Waals surface area contributed by atoms with E-state index in [9.17, 15) is 13.9 Å². The molecule has 2 N–H and O–H groups in total.